The first-order chi connectivity index (χ1) is 21.0. The molecule has 0 aliphatic carbocycles. The number of allylic oxidation sites excluding steroid dienone is 1. The normalized spacial score (nSPS) is 11.7. The van der Waals surface area contributed by atoms with Gasteiger partial charge in [0.05, 0.1) is 26.4 Å². The fraction of sp³-hybridized carbons (Fsp3) is 0.433. The van der Waals surface area contributed by atoms with Crippen molar-refractivity contribution in [3.63, 3.8) is 0 Å². The number of esters is 2. The highest BCUT2D eigenvalue weighted by atomic mass is 31.2. The molecule has 45 heavy (non-hydrogen) atoms. The van der Waals surface area contributed by atoms with Crippen LogP contribution in [0.4, 0.5) is 26.3 Å². The summed E-state index contributed by atoms with van der Waals surface area (Å²) < 4.78 is 104. The van der Waals surface area contributed by atoms with E-state index in [9.17, 15) is 45.3 Å². The third-order valence-corrected chi connectivity index (χ3v) is 6.93. The van der Waals surface area contributed by atoms with Crippen LogP contribution in [-0.2, 0) is 50.3 Å². The van der Waals surface area contributed by atoms with E-state index in [1.807, 2.05) is 0 Å². The molecule has 0 aliphatic rings. The second kappa shape index (κ2) is 21.3. The van der Waals surface area contributed by atoms with Crippen LogP contribution in [0.5, 0.6) is 0 Å². The molecule has 0 bridgehead atoms. The average Bonchev–Trinajstić information content (AvgIpc) is 2.94. The fourth-order valence-corrected chi connectivity index (χ4v) is 4.59. The van der Waals surface area contributed by atoms with Crippen molar-refractivity contribution in [1.82, 2.24) is 0 Å². The Morgan fingerprint density at radius 2 is 1.11 bits per heavy atom. The van der Waals surface area contributed by atoms with E-state index < -0.39 is 49.7 Å². The van der Waals surface area contributed by atoms with Gasteiger partial charge in [-0.15, -0.1) is 0 Å². The SMILES string of the molecule is CCOC(=O)/C=C(\Cc1ccccc1)C(F)(F)F.CCOC(=O)CP(=O)(OCC)OCC.O=C(Cc1ccccc1)C(F)(F)F. The molecule has 252 valence electrons. The Balaban J connectivity index is 0.000000657. The van der Waals surface area contributed by atoms with E-state index in [1.165, 1.54) is 19.1 Å². The van der Waals surface area contributed by atoms with Crippen LogP contribution in [0.25, 0.3) is 0 Å². The number of hydrogen-bond acceptors (Lipinski definition) is 8. The number of carbonyl (C=O) groups excluding carboxylic acids is 3. The van der Waals surface area contributed by atoms with Crippen molar-refractivity contribution in [2.75, 3.05) is 32.6 Å². The topological polar surface area (TPSA) is 105 Å². The molecule has 15 heteroatoms. The van der Waals surface area contributed by atoms with E-state index >= 15 is 0 Å². The van der Waals surface area contributed by atoms with Crippen LogP contribution >= 0.6 is 7.60 Å². The number of carbonyl (C=O) groups is 3. The summed E-state index contributed by atoms with van der Waals surface area (Å²) in [5.41, 5.74) is -0.0395. The number of Topliss-reactive ketones (excluding diaryl/α,β-unsaturated/α-hetero) is 1. The highest BCUT2D eigenvalue weighted by Crippen LogP contribution is 2.47. The van der Waals surface area contributed by atoms with Crippen molar-refractivity contribution in [3.8, 4) is 0 Å². The Labute approximate surface area is 258 Å². The molecule has 2 aromatic rings. The second-order valence-electron chi connectivity index (χ2n) is 8.57. The van der Waals surface area contributed by atoms with Gasteiger partial charge in [0, 0.05) is 24.5 Å². The maximum Gasteiger partial charge on any atom is 0.450 e. The summed E-state index contributed by atoms with van der Waals surface area (Å²) in [5.74, 6) is -3.24. The zero-order chi connectivity index (χ0) is 34.5. The van der Waals surface area contributed by atoms with Crippen molar-refractivity contribution < 1.29 is 63.8 Å². The Morgan fingerprint density at radius 3 is 1.49 bits per heavy atom. The van der Waals surface area contributed by atoms with Gasteiger partial charge in [0.25, 0.3) is 0 Å². The number of alkyl halides is 6. The number of benzene rings is 2. The molecule has 0 saturated carbocycles. The minimum atomic E-state index is -4.73. The summed E-state index contributed by atoms with van der Waals surface area (Å²) in [6.45, 7) is 7.41. The van der Waals surface area contributed by atoms with E-state index in [2.05, 4.69) is 9.47 Å². The van der Waals surface area contributed by atoms with Gasteiger partial charge in [0.15, 0.2) is 0 Å². The van der Waals surface area contributed by atoms with Crippen molar-refractivity contribution in [2.24, 2.45) is 0 Å². The Hall–Kier alpha value is -3.48. The summed E-state index contributed by atoms with van der Waals surface area (Å²) in [6, 6.07) is 16.0. The maximum absolute atomic E-state index is 12.7. The van der Waals surface area contributed by atoms with Gasteiger partial charge >= 0.3 is 31.9 Å². The molecule has 0 aliphatic heterocycles. The predicted octanol–water partition coefficient (Wildman–Crippen LogP) is 7.46. The molecule has 0 aromatic heterocycles. The minimum absolute atomic E-state index is 0.0474. The number of halogens is 6. The largest absolute Gasteiger partial charge is 0.466 e. The second-order valence-corrected chi connectivity index (χ2v) is 10.6. The zero-order valence-electron chi connectivity index (χ0n) is 25.3. The minimum Gasteiger partial charge on any atom is -0.466 e. The Bertz CT molecular complexity index is 1220. The molecule has 0 spiro atoms. The van der Waals surface area contributed by atoms with E-state index in [4.69, 9.17) is 9.05 Å². The smallest absolute Gasteiger partial charge is 0.450 e. The van der Waals surface area contributed by atoms with Gasteiger partial charge < -0.3 is 18.5 Å². The number of ether oxygens (including phenoxy) is 2. The molecule has 0 atom stereocenters. The van der Waals surface area contributed by atoms with Gasteiger partial charge in [-0.2, -0.15) is 26.3 Å². The summed E-state index contributed by atoms with van der Waals surface area (Å²) in [4.78, 5) is 32.7. The van der Waals surface area contributed by atoms with Crippen LogP contribution in [0.2, 0.25) is 0 Å². The lowest BCUT2D eigenvalue weighted by atomic mass is 10.0. The molecule has 2 aromatic carbocycles. The molecule has 8 nitrogen and oxygen atoms in total. The predicted molar refractivity (Wildman–Crippen MR) is 154 cm³/mol. The Morgan fingerprint density at radius 1 is 0.667 bits per heavy atom. The number of ketones is 1. The van der Waals surface area contributed by atoms with E-state index in [-0.39, 0.29) is 39.0 Å². The highest BCUT2D eigenvalue weighted by molar-refractivity contribution is 7.54. The summed E-state index contributed by atoms with van der Waals surface area (Å²) >= 11 is 0. The lowest BCUT2D eigenvalue weighted by molar-refractivity contribution is -0.170. The molecular weight excluding hydrogens is 633 g/mol. The summed E-state index contributed by atoms with van der Waals surface area (Å²) in [6.07, 6.45) is -10.00. The number of hydrogen-bond donors (Lipinski definition) is 0. The number of rotatable bonds is 13. The molecule has 0 amide bonds. The molecule has 0 saturated heterocycles. The molecule has 2 rings (SSSR count). The van der Waals surface area contributed by atoms with Gasteiger partial charge in [0.2, 0.25) is 5.78 Å². The van der Waals surface area contributed by atoms with E-state index in [1.54, 1.807) is 69.3 Å². The molecule has 0 heterocycles. The summed E-state index contributed by atoms with van der Waals surface area (Å²) in [7, 11) is -3.28. The maximum atomic E-state index is 12.7. The van der Waals surface area contributed by atoms with Gasteiger partial charge in [-0.1, -0.05) is 60.7 Å². The third-order valence-electron chi connectivity index (χ3n) is 4.98. The van der Waals surface area contributed by atoms with Crippen molar-refractivity contribution in [3.05, 3.63) is 83.4 Å². The van der Waals surface area contributed by atoms with Crippen molar-refractivity contribution in [1.29, 1.82) is 0 Å². The molecule has 0 radical (unpaired) electrons. The third kappa shape index (κ3) is 19.5. The fourth-order valence-electron chi connectivity index (χ4n) is 3.14. The first-order valence-electron chi connectivity index (χ1n) is 13.7. The monoisotopic (exact) mass is 670 g/mol. The van der Waals surface area contributed by atoms with Gasteiger partial charge in [0.1, 0.15) is 6.16 Å². The van der Waals surface area contributed by atoms with E-state index in [0.717, 1.165) is 0 Å². The first kappa shape index (κ1) is 41.5. The average molecular weight is 671 g/mol. The van der Waals surface area contributed by atoms with Crippen LogP contribution in [0.15, 0.2) is 72.3 Å². The molecule has 0 fully saturated rings. The van der Waals surface area contributed by atoms with Crippen LogP contribution < -0.4 is 0 Å². The van der Waals surface area contributed by atoms with Crippen molar-refractivity contribution >= 4 is 25.3 Å². The van der Waals surface area contributed by atoms with Crippen LogP contribution in [0.1, 0.15) is 38.8 Å². The molecule has 0 N–H and O–H groups in total. The highest BCUT2D eigenvalue weighted by Gasteiger charge is 2.37. The van der Waals surface area contributed by atoms with Gasteiger partial charge in [-0.05, 0) is 38.8 Å². The molecular formula is C30H37F6O8P. The van der Waals surface area contributed by atoms with Crippen LogP contribution in [0.3, 0.4) is 0 Å². The Kier molecular flexibility index (Phi) is 19.6. The van der Waals surface area contributed by atoms with Gasteiger partial charge in [-0.25, -0.2) is 4.79 Å². The lowest BCUT2D eigenvalue weighted by Crippen LogP contribution is -2.24. The zero-order valence-corrected chi connectivity index (χ0v) is 26.2. The standard InChI is InChI=1S/C13H13F3O2.C9H7F3O.C8H17O5P/c1-2-18-12(17)9-11(13(14,15)16)8-10-6-4-3-5-7-10;10-9(11,12)8(13)6-7-4-2-1-3-5-7;1-4-11-8(9)7-14(10,12-5-2)13-6-3/h3-7,9H,2,8H2,1H3;1-5H,6H2;4-7H2,1-3H3/b11-9+;;. The van der Waals surface area contributed by atoms with E-state index in [0.29, 0.717) is 17.2 Å². The lowest BCUT2D eigenvalue weighted by Gasteiger charge is -2.15. The van der Waals surface area contributed by atoms with Gasteiger partial charge in [-0.3, -0.25) is 14.2 Å². The van der Waals surface area contributed by atoms with Crippen LogP contribution in [-0.4, -0.2) is 62.7 Å². The van der Waals surface area contributed by atoms with Crippen LogP contribution in [0, 0.1) is 0 Å². The summed E-state index contributed by atoms with van der Waals surface area (Å²) in [5, 5.41) is 0. The molecule has 0 unspecified atom stereocenters. The van der Waals surface area contributed by atoms with Crippen molar-refractivity contribution in [2.45, 2.75) is 52.9 Å². The first-order valence-corrected chi connectivity index (χ1v) is 15.4. The quantitative estimate of drug-likeness (QED) is 0.0937.